The second-order valence-corrected chi connectivity index (χ2v) is 6.50. The van der Waals surface area contributed by atoms with Crippen molar-refractivity contribution in [2.24, 2.45) is 0 Å². The number of hydrogen-bond acceptors (Lipinski definition) is 5. The van der Waals surface area contributed by atoms with Gasteiger partial charge < -0.3 is 14.2 Å². The normalized spacial score (nSPS) is 14.3. The van der Waals surface area contributed by atoms with Gasteiger partial charge in [0.05, 0.1) is 18.0 Å². The van der Waals surface area contributed by atoms with Gasteiger partial charge in [-0.05, 0) is 43.2 Å². The van der Waals surface area contributed by atoms with Crippen molar-refractivity contribution in [3.63, 3.8) is 0 Å². The molecule has 0 atom stereocenters. The van der Waals surface area contributed by atoms with Crippen molar-refractivity contribution < 1.29 is 4.18 Å². The molecule has 0 bridgehead atoms. The number of rotatable bonds is 6. The third-order valence-corrected chi connectivity index (χ3v) is 4.99. The molecular weight excluding hydrogens is 332 g/mol. The number of nitrogens with one attached hydrogen (secondary N) is 2. The van der Waals surface area contributed by atoms with Gasteiger partial charge in [-0.25, -0.2) is 0 Å². The lowest BCUT2D eigenvalue weighted by Gasteiger charge is -2.21. The van der Waals surface area contributed by atoms with E-state index in [9.17, 15) is 0 Å². The van der Waals surface area contributed by atoms with Gasteiger partial charge >= 0.3 is 0 Å². The summed E-state index contributed by atoms with van der Waals surface area (Å²) in [6.07, 6.45) is 4.77. The Kier molecular flexibility index (Phi) is 4.57. The van der Waals surface area contributed by atoms with E-state index in [2.05, 4.69) is 69.9 Å². The van der Waals surface area contributed by atoms with Crippen LogP contribution < -0.4 is 16.0 Å². The zero-order valence-electron chi connectivity index (χ0n) is 14.5. The quantitative estimate of drug-likeness (QED) is 0.514. The van der Waals surface area contributed by atoms with E-state index in [0.29, 0.717) is 6.61 Å². The molecule has 2 N–H and O–H groups in total. The smallest absolute Gasteiger partial charge is 0.0669 e. The van der Waals surface area contributed by atoms with Gasteiger partial charge in [-0.2, -0.15) is 0 Å². The van der Waals surface area contributed by atoms with Crippen LogP contribution in [-0.2, 0) is 10.7 Å². The van der Waals surface area contributed by atoms with Gasteiger partial charge in [0.25, 0.3) is 0 Å². The van der Waals surface area contributed by atoms with Crippen molar-refractivity contribution in [1.82, 2.24) is 15.5 Å². The molecule has 0 fully saturated rings. The van der Waals surface area contributed by atoms with E-state index < -0.39 is 0 Å². The van der Waals surface area contributed by atoms with Crippen LogP contribution in [0.2, 0.25) is 0 Å². The van der Waals surface area contributed by atoms with E-state index in [1.807, 2.05) is 12.5 Å². The zero-order valence-corrected chi connectivity index (χ0v) is 15.3. The van der Waals surface area contributed by atoms with Crippen LogP contribution in [0.4, 0.5) is 5.69 Å². The maximum absolute atomic E-state index is 5.42. The summed E-state index contributed by atoms with van der Waals surface area (Å²) >= 11 is 1.40. The third kappa shape index (κ3) is 2.86. The molecule has 0 spiro atoms. The van der Waals surface area contributed by atoms with E-state index in [0.717, 1.165) is 24.4 Å². The van der Waals surface area contributed by atoms with E-state index in [1.54, 1.807) is 0 Å². The van der Waals surface area contributed by atoms with Gasteiger partial charge in [0.2, 0.25) is 0 Å². The molecule has 0 saturated carbocycles. The first-order valence-electron chi connectivity index (χ1n) is 8.50. The number of aromatic nitrogens is 1. The average molecular weight is 354 g/mol. The van der Waals surface area contributed by atoms with Crippen molar-refractivity contribution in [3.05, 3.63) is 54.4 Å². The molecular formula is C19H22N4OS. The van der Waals surface area contributed by atoms with Crippen molar-refractivity contribution in [2.45, 2.75) is 19.9 Å². The topological polar surface area (TPSA) is 41.5 Å². The molecule has 1 aliphatic rings. The van der Waals surface area contributed by atoms with Gasteiger partial charge in [-0.1, -0.05) is 18.2 Å². The minimum absolute atomic E-state index is 0.685. The molecule has 6 heteroatoms. The fourth-order valence-electron chi connectivity index (χ4n) is 3.48. The highest BCUT2D eigenvalue weighted by Gasteiger charge is 2.18. The number of hydrazine groups is 2. The zero-order chi connectivity index (χ0) is 17.2. The number of hydrogen-bond donors (Lipinski definition) is 2. The molecule has 1 aliphatic heterocycles. The Morgan fingerprint density at radius 3 is 2.76 bits per heavy atom. The predicted molar refractivity (Wildman–Crippen MR) is 106 cm³/mol. The number of nitrogens with zero attached hydrogens (tertiary/aromatic N) is 2. The van der Waals surface area contributed by atoms with Crippen LogP contribution in [0.3, 0.4) is 0 Å². The largest absolute Gasteiger partial charge is 0.341 e. The summed E-state index contributed by atoms with van der Waals surface area (Å²) in [6.45, 7) is 3.84. The van der Waals surface area contributed by atoms with Gasteiger partial charge in [-0.15, -0.1) is 5.53 Å². The van der Waals surface area contributed by atoms with Gasteiger partial charge in [0.15, 0.2) is 0 Å². The molecule has 0 amide bonds. The first-order valence-corrected chi connectivity index (χ1v) is 9.65. The van der Waals surface area contributed by atoms with E-state index in [1.165, 1.54) is 33.8 Å². The molecule has 3 aromatic rings. The maximum Gasteiger partial charge on any atom is 0.0669 e. The molecule has 1 aromatic heterocycles. The number of benzene rings is 2. The SMILES string of the molecule is CCn1c2ccccc2c2cc(N3NNC=C3CCOSC)ccc21. The van der Waals surface area contributed by atoms with Crippen LogP contribution in [-0.4, -0.2) is 17.4 Å². The minimum Gasteiger partial charge on any atom is -0.341 e. The Hall–Kier alpha value is -2.15. The fourth-order valence-corrected chi connectivity index (χ4v) is 3.73. The fraction of sp³-hybridized carbons (Fsp3) is 0.263. The summed E-state index contributed by atoms with van der Waals surface area (Å²) in [4.78, 5) is 0. The molecule has 4 rings (SSSR count). The highest BCUT2D eigenvalue weighted by Crippen LogP contribution is 2.33. The summed E-state index contributed by atoms with van der Waals surface area (Å²) in [5.41, 5.74) is 11.1. The summed E-state index contributed by atoms with van der Waals surface area (Å²) in [5.74, 6) is 0. The summed E-state index contributed by atoms with van der Waals surface area (Å²) < 4.78 is 7.78. The molecule has 25 heavy (non-hydrogen) atoms. The lowest BCUT2D eigenvalue weighted by molar-refractivity contribution is 0.378. The monoisotopic (exact) mass is 354 g/mol. The summed E-state index contributed by atoms with van der Waals surface area (Å²) in [6, 6.07) is 15.2. The van der Waals surface area contributed by atoms with E-state index in [-0.39, 0.29) is 0 Å². The van der Waals surface area contributed by atoms with Crippen molar-refractivity contribution >= 4 is 39.5 Å². The first kappa shape index (κ1) is 16.3. The van der Waals surface area contributed by atoms with Crippen LogP contribution in [0.25, 0.3) is 21.8 Å². The van der Waals surface area contributed by atoms with Crippen LogP contribution in [0, 0.1) is 0 Å². The minimum atomic E-state index is 0.685. The Balaban J connectivity index is 1.74. The van der Waals surface area contributed by atoms with Crippen LogP contribution in [0.1, 0.15) is 13.3 Å². The molecule has 2 aromatic carbocycles. The lowest BCUT2D eigenvalue weighted by atomic mass is 10.1. The number of para-hydroxylation sites is 1. The number of aryl methyl sites for hydroxylation is 1. The lowest BCUT2D eigenvalue weighted by Crippen LogP contribution is -2.37. The molecule has 5 nitrogen and oxygen atoms in total. The standard InChI is InChI=1S/C19H22N4OS/c1-3-22-18-7-5-4-6-16(18)17-12-14(8-9-19(17)22)23-15(13-20-21-23)10-11-24-25-2/h4-9,12-13,20-21H,3,10-11H2,1-2H3. The van der Waals surface area contributed by atoms with Gasteiger partial charge in [0, 0.05) is 47.2 Å². The maximum atomic E-state index is 5.42. The Morgan fingerprint density at radius 2 is 1.92 bits per heavy atom. The van der Waals surface area contributed by atoms with Crippen molar-refractivity contribution in [1.29, 1.82) is 0 Å². The molecule has 0 unspecified atom stereocenters. The van der Waals surface area contributed by atoms with Crippen molar-refractivity contribution in [3.8, 4) is 0 Å². The first-order chi connectivity index (χ1) is 12.3. The molecule has 0 saturated heterocycles. The number of anilines is 1. The Bertz CT molecular complexity index is 934. The Morgan fingerprint density at radius 1 is 1.08 bits per heavy atom. The molecule has 0 radical (unpaired) electrons. The van der Waals surface area contributed by atoms with E-state index >= 15 is 0 Å². The summed E-state index contributed by atoms with van der Waals surface area (Å²) in [5, 5.41) is 4.66. The highest BCUT2D eigenvalue weighted by molar-refractivity contribution is 7.93. The van der Waals surface area contributed by atoms with Crippen LogP contribution in [0.15, 0.2) is 54.4 Å². The van der Waals surface area contributed by atoms with Crippen LogP contribution in [0.5, 0.6) is 0 Å². The third-order valence-electron chi connectivity index (χ3n) is 4.59. The van der Waals surface area contributed by atoms with Gasteiger partial charge in [0.1, 0.15) is 0 Å². The molecule has 2 heterocycles. The summed E-state index contributed by atoms with van der Waals surface area (Å²) in [7, 11) is 0. The number of fused-ring (bicyclic) bond motifs is 3. The highest BCUT2D eigenvalue weighted by atomic mass is 32.2. The van der Waals surface area contributed by atoms with Gasteiger partial charge in [-0.3, -0.25) is 5.01 Å². The molecule has 130 valence electrons. The molecule has 0 aliphatic carbocycles. The van der Waals surface area contributed by atoms with E-state index in [4.69, 9.17) is 4.18 Å². The second-order valence-electron chi connectivity index (χ2n) is 5.93. The Labute approximate surface area is 151 Å². The van der Waals surface area contributed by atoms with Crippen LogP contribution >= 0.6 is 12.0 Å². The van der Waals surface area contributed by atoms with Crippen molar-refractivity contribution in [2.75, 3.05) is 17.9 Å². The average Bonchev–Trinajstić information content (AvgIpc) is 3.23. The predicted octanol–water partition coefficient (Wildman–Crippen LogP) is 4.17. The second kappa shape index (κ2) is 7.00.